The van der Waals surface area contributed by atoms with Crippen LogP contribution in [0, 0.1) is 6.92 Å². The van der Waals surface area contributed by atoms with Crippen molar-refractivity contribution in [2.45, 2.75) is 45.6 Å². The van der Waals surface area contributed by atoms with Crippen LogP contribution in [-0.4, -0.2) is 34.0 Å². The van der Waals surface area contributed by atoms with Crippen LogP contribution < -0.4 is 0 Å². The molecule has 1 saturated heterocycles. The lowest BCUT2D eigenvalue weighted by Crippen LogP contribution is -2.39. The van der Waals surface area contributed by atoms with Crippen molar-refractivity contribution in [1.82, 2.24) is 14.9 Å². The summed E-state index contributed by atoms with van der Waals surface area (Å²) < 4.78 is 0. The third-order valence-electron chi connectivity index (χ3n) is 3.40. The van der Waals surface area contributed by atoms with Gasteiger partial charge in [0.1, 0.15) is 0 Å². The summed E-state index contributed by atoms with van der Waals surface area (Å²) in [6.07, 6.45) is 6.35. The van der Waals surface area contributed by atoms with Crippen molar-refractivity contribution in [3.05, 3.63) is 23.8 Å². The van der Waals surface area contributed by atoms with Crippen LogP contribution in [0.5, 0.6) is 0 Å². The van der Waals surface area contributed by atoms with E-state index in [1.165, 1.54) is 19.4 Å². The lowest BCUT2D eigenvalue weighted by atomic mass is 9.94. The first-order chi connectivity index (χ1) is 7.66. The molecule has 0 spiro atoms. The highest BCUT2D eigenvalue weighted by atomic mass is 15.2. The van der Waals surface area contributed by atoms with Crippen LogP contribution in [0.15, 0.2) is 12.4 Å². The third-order valence-corrected chi connectivity index (χ3v) is 3.40. The Labute approximate surface area is 97.9 Å². The van der Waals surface area contributed by atoms with Crippen LogP contribution in [0.2, 0.25) is 0 Å². The lowest BCUT2D eigenvalue weighted by molar-refractivity contribution is 0.166. The minimum absolute atomic E-state index is 0.573. The molecule has 0 amide bonds. The van der Waals surface area contributed by atoms with E-state index in [1.54, 1.807) is 0 Å². The van der Waals surface area contributed by atoms with E-state index in [9.17, 15) is 0 Å². The number of nitrogens with zero attached hydrogens (tertiary/aromatic N) is 3. The van der Waals surface area contributed by atoms with Gasteiger partial charge in [0.15, 0.2) is 0 Å². The van der Waals surface area contributed by atoms with Crippen LogP contribution in [0.25, 0.3) is 0 Å². The van der Waals surface area contributed by atoms with Crippen molar-refractivity contribution in [2.24, 2.45) is 0 Å². The van der Waals surface area contributed by atoms with Crippen LogP contribution in [-0.2, 0) is 0 Å². The number of hydrogen-bond acceptors (Lipinski definition) is 3. The summed E-state index contributed by atoms with van der Waals surface area (Å²) in [7, 11) is 0. The molecule has 1 fully saturated rings. The summed E-state index contributed by atoms with van der Waals surface area (Å²) in [5.74, 6) is 0.573. The average Bonchev–Trinajstić information content (AvgIpc) is 2.30. The Morgan fingerprint density at radius 3 is 2.75 bits per heavy atom. The minimum Gasteiger partial charge on any atom is -0.300 e. The largest absolute Gasteiger partial charge is 0.300 e. The molecule has 3 heteroatoms. The Balaban J connectivity index is 2.06. The Morgan fingerprint density at radius 1 is 1.31 bits per heavy atom. The number of hydrogen-bond donors (Lipinski definition) is 0. The zero-order chi connectivity index (χ0) is 11.5. The maximum absolute atomic E-state index is 4.51. The van der Waals surface area contributed by atoms with Gasteiger partial charge in [-0.25, -0.2) is 0 Å². The van der Waals surface area contributed by atoms with Gasteiger partial charge in [-0.1, -0.05) is 0 Å². The van der Waals surface area contributed by atoms with Crippen molar-refractivity contribution in [3.63, 3.8) is 0 Å². The molecule has 0 N–H and O–H groups in total. The van der Waals surface area contributed by atoms with Crippen LogP contribution >= 0.6 is 0 Å². The molecular formula is C13H21N3. The van der Waals surface area contributed by atoms with Gasteiger partial charge >= 0.3 is 0 Å². The van der Waals surface area contributed by atoms with Gasteiger partial charge in [0, 0.05) is 30.9 Å². The predicted octanol–water partition coefficient (Wildman–Crippen LogP) is 2.37. The number of likely N-dealkylation sites (tertiary alicyclic amines) is 1. The van der Waals surface area contributed by atoms with Gasteiger partial charge < -0.3 is 4.90 Å². The molecule has 0 radical (unpaired) electrons. The summed E-state index contributed by atoms with van der Waals surface area (Å²) in [5, 5.41) is 0. The van der Waals surface area contributed by atoms with Crippen LogP contribution in [0.1, 0.15) is 44.0 Å². The van der Waals surface area contributed by atoms with Crippen molar-refractivity contribution in [1.29, 1.82) is 0 Å². The third kappa shape index (κ3) is 2.59. The van der Waals surface area contributed by atoms with E-state index in [0.717, 1.165) is 17.9 Å². The van der Waals surface area contributed by atoms with Gasteiger partial charge in [-0.3, -0.25) is 9.97 Å². The second-order valence-electron chi connectivity index (χ2n) is 5.01. The molecule has 1 aromatic heterocycles. The fourth-order valence-corrected chi connectivity index (χ4v) is 2.33. The summed E-state index contributed by atoms with van der Waals surface area (Å²) in [4.78, 5) is 11.4. The van der Waals surface area contributed by atoms with Gasteiger partial charge in [0.25, 0.3) is 0 Å². The normalized spacial score (nSPS) is 22.6. The number of aryl methyl sites for hydroxylation is 1. The van der Waals surface area contributed by atoms with Gasteiger partial charge in [-0.15, -0.1) is 0 Å². The van der Waals surface area contributed by atoms with Gasteiger partial charge in [0.05, 0.1) is 11.4 Å². The smallest absolute Gasteiger partial charge is 0.0630 e. The van der Waals surface area contributed by atoms with E-state index in [-0.39, 0.29) is 0 Å². The molecule has 1 aromatic rings. The highest BCUT2D eigenvalue weighted by Gasteiger charge is 2.23. The topological polar surface area (TPSA) is 29.0 Å². The Kier molecular flexibility index (Phi) is 3.54. The van der Waals surface area contributed by atoms with Crippen molar-refractivity contribution >= 4 is 0 Å². The first kappa shape index (κ1) is 11.5. The number of rotatable bonds is 2. The lowest BCUT2D eigenvalue weighted by Gasteiger charge is -2.35. The maximum atomic E-state index is 4.51. The standard InChI is InChI=1S/C13H21N3/c1-10(2)16-6-4-5-12(9-16)13-8-14-11(3)7-15-13/h7-8,10,12H,4-6,9H2,1-3H3. The number of aromatic nitrogens is 2. The Morgan fingerprint density at radius 2 is 2.12 bits per heavy atom. The quantitative estimate of drug-likeness (QED) is 0.764. The van der Waals surface area contributed by atoms with Crippen LogP contribution in [0.4, 0.5) is 0 Å². The zero-order valence-electron chi connectivity index (χ0n) is 10.5. The van der Waals surface area contributed by atoms with Gasteiger partial charge in [-0.05, 0) is 40.2 Å². The molecule has 3 nitrogen and oxygen atoms in total. The molecule has 0 aliphatic carbocycles. The molecule has 2 heterocycles. The monoisotopic (exact) mass is 219 g/mol. The molecule has 0 bridgehead atoms. The van der Waals surface area contributed by atoms with E-state index >= 15 is 0 Å². The van der Waals surface area contributed by atoms with Crippen molar-refractivity contribution in [2.75, 3.05) is 13.1 Å². The Bertz CT molecular complexity index is 332. The van der Waals surface area contributed by atoms with Crippen LogP contribution in [0.3, 0.4) is 0 Å². The summed E-state index contributed by atoms with van der Waals surface area (Å²) in [6, 6.07) is 0.640. The van der Waals surface area contributed by atoms with Crippen molar-refractivity contribution in [3.8, 4) is 0 Å². The fourth-order valence-electron chi connectivity index (χ4n) is 2.33. The second-order valence-corrected chi connectivity index (χ2v) is 5.01. The van der Waals surface area contributed by atoms with E-state index in [0.29, 0.717) is 12.0 Å². The predicted molar refractivity (Wildman–Crippen MR) is 65.5 cm³/mol. The summed E-state index contributed by atoms with van der Waals surface area (Å²) in [5.41, 5.74) is 2.16. The highest BCUT2D eigenvalue weighted by Crippen LogP contribution is 2.25. The molecule has 1 atom stereocenters. The summed E-state index contributed by atoms with van der Waals surface area (Å²) in [6.45, 7) is 8.88. The SMILES string of the molecule is Cc1cnc(C2CCCN(C(C)C)C2)cn1. The Hall–Kier alpha value is -0.960. The van der Waals surface area contributed by atoms with E-state index in [4.69, 9.17) is 0 Å². The zero-order valence-corrected chi connectivity index (χ0v) is 10.5. The molecule has 88 valence electrons. The molecule has 1 unspecified atom stereocenters. The van der Waals surface area contributed by atoms with Gasteiger partial charge in [-0.2, -0.15) is 0 Å². The summed E-state index contributed by atoms with van der Waals surface area (Å²) >= 11 is 0. The minimum atomic E-state index is 0.573. The van der Waals surface area contributed by atoms with E-state index < -0.39 is 0 Å². The second kappa shape index (κ2) is 4.91. The molecule has 16 heavy (non-hydrogen) atoms. The van der Waals surface area contributed by atoms with Gasteiger partial charge in [0.2, 0.25) is 0 Å². The molecule has 0 aromatic carbocycles. The fraction of sp³-hybridized carbons (Fsp3) is 0.692. The first-order valence-corrected chi connectivity index (χ1v) is 6.19. The van der Waals surface area contributed by atoms with E-state index in [2.05, 4.69) is 28.7 Å². The molecule has 1 aliphatic heterocycles. The number of piperidine rings is 1. The molecule has 1 aliphatic rings. The van der Waals surface area contributed by atoms with E-state index in [1.807, 2.05) is 19.3 Å². The van der Waals surface area contributed by atoms with Crippen molar-refractivity contribution < 1.29 is 0 Å². The highest BCUT2D eigenvalue weighted by molar-refractivity contribution is 5.08. The molecule has 0 saturated carbocycles. The maximum Gasteiger partial charge on any atom is 0.0630 e. The average molecular weight is 219 g/mol. The molecule has 2 rings (SSSR count). The molecular weight excluding hydrogens is 198 g/mol. The first-order valence-electron chi connectivity index (χ1n) is 6.19.